The molecule has 0 aliphatic carbocycles. The van der Waals surface area contributed by atoms with E-state index in [4.69, 9.17) is 0 Å². The molecule has 0 unspecified atom stereocenters. The Morgan fingerprint density at radius 1 is 1.06 bits per heavy atom. The maximum absolute atomic E-state index is 13.0. The van der Waals surface area contributed by atoms with Crippen LogP contribution in [0.2, 0.25) is 0 Å². The maximum atomic E-state index is 13.0. The van der Waals surface area contributed by atoms with Crippen LogP contribution in [0.3, 0.4) is 0 Å². The Morgan fingerprint density at radius 3 is 2.61 bits per heavy atom. The molecule has 2 aromatic carbocycles. The summed E-state index contributed by atoms with van der Waals surface area (Å²) in [5.41, 5.74) is 4.36. The molecule has 0 spiro atoms. The second kappa shape index (κ2) is 6.99. The van der Waals surface area contributed by atoms with Gasteiger partial charge in [-0.25, -0.2) is 9.36 Å². The van der Waals surface area contributed by atoms with E-state index in [1.807, 2.05) is 56.1 Å². The fourth-order valence-electron chi connectivity index (χ4n) is 4.79. The number of aromatic amines is 2. The predicted octanol–water partition coefficient (Wildman–Crippen LogP) is 2.91. The van der Waals surface area contributed by atoms with Crippen LogP contribution >= 0.6 is 0 Å². The molecular weight excluding hydrogens is 392 g/mol. The fraction of sp³-hybridized carbons (Fsp3) is 0.250. The number of rotatable bonds is 2. The summed E-state index contributed by atoms with van der Waals surface area (Å²) in [6.07, 6.45) is 0.835. The first-order valence-electron chi connectivity index (χ1n) is 10.3. The number of aromatic hydroxyl groups is 1. The highest BCUT2D eigenvalue weighted by Gasteiger charge is 2.34. The van der Waals surface area contributed by atoms with Crippen molar-refractivity contribution in [3.8, 4) is 11.6 Å². The van der Waals surface area contributed by atoms with Crippen molar-refractivity contribution in [2.24, 2.45) is 0 Å². The monoisotopic (exact) mass is 416 g/mol. The molecule has 2 aromatic heterocycles. The van der Waals surface area contributed by atoms with Gasteiger partial charge in [0.15, 0.2) is 0 Å². The van der Waals surface area contributed by atoms with E-state index in [9.17, 15) is 14.7 Å². The third kappa shape index (κ3) is 2.92. The smallest absolute Gasteiger partial charge is 0.335 e. The van der Waals surface area contributed by atoms with E-state index in [1.165, 1.54) is 4.57 Å². The van der Waals surface area contributed by atoms with Crippen LogP contribution in [0, 0.1) is 13.8 Å². The van der Waals surface area contributed by atoms with E-state index in [1.54, 1.807) is 6.07 Å². The van der Waals surface area contributed by atoms with Gasteiger partial charge >= 0.3 is 5.69 Å². The molecule has 0 bridgehead atoms. The van der Waals surface area contributed by atoms with E-state index in [2.05, 4.69) is 16.0 Å². The Balaban J connectivity index is 1.79. The minimum absolute atomic E-state index is 0.162. The molecule has 0 amide bonds. The first-order valence-corrected chi connectivity index (χ1v) is 10.3. The lowest BCUT2D eigenvalue weighted by atomic mass is 9.93. The molecule has 31 heavy (non-hydrogen) atoms. The van der Waals surface area contributed by atoms with Gasteiger partial charge in [-0.3, -0.25) is 14.7 Å². The number of fused-ring (bicyclic) bond motifs is 3. The summed E-state index contributed by atoms with van der Waals surface area (Å²) in [5.74, 6) is -0.330. The van der Waals surface area contributed by atoms with Crippen molar-refractivity contribution in [2.75, 3.05) is 13.6 Å². The van der Waals surface area contributed by atoms with Crippen LogP contribution in [-0.2, 0) is 6.42 Å². The predicted molar refractivity (Wildman–Crippen MR) is 120 cm³/mol. The topological polar surface area (TPSA) is 94.1 Å². The van der Waals surface area contributed by atoms with Crippen molar-refractivity contribution in [3.63, 3.8) is 0 Å². The highest BCUT2D eigenvalue weighted by atomic mass is 16.3. The molecule has 7 nitrogen and oxygen atoms in total. The van der Waals surface area contributed by atoms with Crippen LogP contribution < -0.4 is 11.2 Å². The molecule has 1 aliphatic heterocycles. The molecule has 4 aromatic rings. The molecule has 0 fully saturated rings. The number of hydrogen-bond donors (Lipinski definition) is 3. The van der Waals surface area contributed by atoms with Gasteiger partial charge in [-0.15, -0.1) is 0 Å². The number of H-pyrrole nitrogens is 2. The average molecular weight is 416 g/mol. The van der Waals surface area contributed by atoms with E-state index in [0.29, 0.717) is 5.69 Å². The normalized spacial score (nSPS) is 16.5. The Morgan fingerprint density at radius 2 is 1.84 bits per heavy atom. The molecule has 0 saturated heterocycles. The van der Waals surface area contributed by atoms with Crippen molar-refractivity contribution in [2.45, 2.75) is 26.3 Å². The van der Waals surface area contributed by atoms with E-state index in [-0.39, 0.29) is 11.4 Å². The van der Waals surface area contributed by atoms with Crippen LogP contribution in [0.5, 0.6) is 5.88 Å². The van der Waals surface area contributed by atoms with Crippen LogP contribution in [0.25, 0.3) is 16.6 Å². The van der Waals surface area contributed by atoms with Gasteiger partial charge in [-0.05, 0) is 50.6 Å². The second-order valence-electron chi connectivity index (χ2n) is 8.32. The van der Waals surface area contributed by atoms with Crippen molar-refractivity contribution in [3.05, 3.63) is 91.3 Å². The Hall–Kier alpha value is -3.58. The standard InChI is InChI=1S/C24H24N4O3/c1-13-8-9-18(14(2)12-13)28-23(30)19(22(29)26-24(28)31)21-20-16(10-11-27(21)3)15-6-4-5-7-17(15)25-20/h4-9,12,21,25,30H,10-11H2,1-3H3,(H,26,29,31)/t21-/m0/s1. The first kappa shape index (κ1) is 19.4. The molecule has 0 radical (unpaired) electrons. The van der Waals surface area contributed by atoms with Crippen LogP contribution in [-0.4, -0.2) is 38.1 Å². The number of likely N-dealkylation sites (N-methyl/N-ethyl adjacent to an activating group) is 1. The zero-order valence-corrected chi connectivity index (χ0v) is 17.7. The minimum atomic E-state index is -0.659. The van der Waals surface area contributed by atoms with E-state index >= 15 is 0 Å². The number of aryl methyl sites for hydroxylation is 2. The zero-order valence-electron chi connectivity index (χ0n) is 17.7. The molecule has 158 valence electrons. The summed E-state index contributed by atoms with van der Waals surface area (Å²) < 4.78 is 1.19. The molecular formula is C24H24N4O3. The summed E-state index contributed by atoms with van der Waals surface area (Å²) >= 11 is 0. The third-order valence-corrected chi connectivity index (χ3v) is 6.26. The molecule has 7 heteroatoms. The maximum Gasteiger partial charge on any atom is 0.335 e. The molecule has 1 aliphatic rings. The summed E-state index contributed by atoms with van der Waals surface area (Å²) in [6.45, 7) is 4.56. The number of nitrogens with one attached hydrogen (secondary N) is 2. The van der Waals surface area contributed by atoms with Crippen molar-refractivity contribution >= 4 is 10.9 Å². The van der Waals surface area contributed by atoms with Crippen LogP contribution in [0.4, 0.5) is 0 Å². The second-order valence-corrected chi connectivity index (χ2v) is 8.32. The van der Waals surface area contributed by atoms with Gasteiger partial charge in [0, 0.05) is 23.1 Å². The molecule has 0 saturated carbocycles. The van der Waals surface area contributed by atoms with E-state index in [0.717, 1.165) is 46.3 Å². The lowest BCUT2D eigenvalue weighted by Crippen LogP contribution is -2.39. The highest BCUT2D eigenvalue weighted by Crippen LogP contribution is 2.39. The Labute approximate surface area is 178 Å². The van der Waals surface area contributed by atoms with Crippen LogP contribution in [0.1, 0.15) is 34.0 Å². The van der Waals surface area contributed by atoms with E-state index < -0.39 is 17.3 Å². The number of aromatic nitrogens is 3. The van der Waals surface area contributed by atoms with Gasteiger partial charge in [0.25, 0.3) is 5.56 Å². The molecule has 3 N–H and O–H groups in total. The largest absolute Gasteiger partial charge is 0.494 e. The lowest BCUT2D eigenvalue weighted by molar-refractivity contribution is 0.251. The summed E-state index contributed by atoms with van der Waals surface area (Å²) in [5, 5.41) is 12.4. The average Bonchev–Trinajstić information content (AvgIpc) is 3.09. The summed E-state index contributed by atoms with van der Waals surface area (Å²) in [7, 11) is 1.92. The van der Waals surface area contributed by atoms with Gasteiger partial charge in [-0.2, -0.15) is 0 Å². The molecule has 5 rings (SSSR count). The first-order chi connectivity index (χ1) is 14.9. The fourth-order valence-corrected chi connectivity index (χ4v) is 4.79. The lowest BCUT2D eigenvalue weighted by Gasteiger charge is -2.33. The van der Waals surface area contributed by atoms with Gasteiger partial charge in [-0.1, -0.05) is 35.9 Å². The molecule has 3 heterocycles. The summed E-state index contributed by atoms with van der Waals surface area (Å²) in [4.78, 5) is 33.6. The van der Waals surface area contributed by atoms with Crippen molar-refractivity contribution < 1.29 is 5.11 Å². The van der Waals surface area contributed by atoms with Gasteiger partial charge in [0.05, 0.1) is 11.7 Å². The number of hydrogen-bond acceptors (Lipinski definition) is 4. The zero-order chi connectivity index (χ0) is 21.9. The number of benzene rings is 2. The quantitative estimate of drug-likeness (QED) is 0.468. The van der Waals surface area contributed by atoms with Crippen molar-refractivity contribution in [1.82, 2.24) is 19.4 Å². The van der Waals surface area contributed by atoms with Crippen molar-refractivity contribution in [1.29, 1.82) is 0 Å². The van der Waals surface area contributed by atoms with Crippen LogP contribution in [0.15, 0.2) is 52.1 Å². The highest BCUT2D eigenvalue weighted by molar-refractivity contribution is 5.85. The SMILES string of the molecule is Cc1ccc(-n2c(O)c([C@H]3c4[nH]c5ccccc5c4CCN3C)c(=O)[nH]c2=O)c(C)c1. The summed E-state index contributed by atoms with van der Waals surface area (Å²) in [6, 6.07) is 13.1. The van der Waals surface area contributed by atoms with Gasteiger partial charge in [0.1, 0.15) is 5.56 Å². The minimum Gasteiger partial charge on any atom is -0.494 e. The Bertz CT molecular complexity index is 1440. The van der Waals surface area contributed by atoms with Gasteiger partial charge < -0.3 is 10.1 Å². The Kier molecular flexibility index (Phi) is 4.37. The number of nitrogens with zero attached hydrogens (tertiary/aromatic N) is 2. The third-order valence-electron chi connectivity index (χ3n) is 6.26. The van der Waals surface area contributed by atoms with Gasteiger partial charge in [0.2, 0.25) is 5.88 Å². The number of para-hydroxylation sites is 1. The molecule has 1 atom stereocenters.